The minimum atomic E-state index is 0.487. The third-order valence-electron chi connectivity index (χ3n) is 5.76. The molecule has 0 amide bonds. The van der Waals surface area contributed by atoms with Gasteiger partial charge in [-0.3, -0.25) is 0 Å². The van der Waals surface area contributed by atoms with E-state index in [4.69, 9.17) is 4.74 Å². The Bertz CT molecular complexity index is 869. The molecule has 1 aliphatic rings. The van der Waals surface area contributed by atoms with Crippen molar-refractivity contribution < 1.29 is 4.74 Å². The Hall–Kier alpha value is -1.64. The summed E-state index contributed by atoms with van der Waals surface area (Å²) < 4.78 is 7.48. The lowest BCUT2D eigenvalue weighted by atomic mass is 9.89. The summed E-state index contributed by atoms with van der Waals surface area (Å²) >= 11 is 1.94. The van der Waals surface area contributed by atoms with Crippen molar-refractivity contribution in [3.63, 3.8) is 0 Å². The van der Waals surface area contributed by atoms with Gasteiger partial charge in [0.05, 0.1) is 12.7 Å². The minimum Gasteiger partial charge on any atom is -0.378 e. The number of fused-ring (bicyclic) bond motifs is 1. The van der Waals surface area contributed by atoms with Crippen LogP contribution in [0.25, 0.3) is 21.2 Å². The summed E-state index contributed by atoms with van der Waals surface area (Å²) in [5.41, 5.74) is 4.06. The molecule has 2 heteroatoms. The van der Waals surface area contributed by atoms with Crippen molar-refractivity contribution in [1.29, 1.82) is 0 Å². The highest BCUT2D eigenvalue weighted by atomic mass is 32.1. The van der Waals surface area contributed by atoms with Crippen molar-refractivity contribution >= 4 is 21.4 Å². The van der Waals surface area contributed by atoms with Gasteiger partial charge in [0.25, 0.3) is 0 Å². The van der Waals surface area contributed by atoms with Crippen LogP contribution in [0.5, 0.6) is 0 Å². The first-order chi connectivity index (χ1) is 13.3. The van der Waals surface area contributed by atoms with Crippen LogP contribution < -0.4 is 0 Å². The van der Waals surface area contributed by atoms with Crippen molar-refractivity contribution in [1.82, 2.24) is 0 Å². The summed E-state index contributed by atoms with van der Waals surface area (Å²) in [5.74, 6) is 0.559. The maximum Gasteiger partial charge on any atom is 0.0575 e. The van der Waals surface area contributed by atoms with Crippen LogP contribution in [0, 0.1) is 0 Å². The molecule has 0 spiro atoms. The average Bonchev–Trinajstić information content (AvgIpc) is 3.11. The minimum absolute atomic E-state index is 0.487. The lowest BCUT2D eigenvalue weighted by Crippen LogP contribution is -2.24. The van der Waals surface area contributed by atoms with Crippen LogP contribution in [0.4, 0.5) is 0 Å². The van der Waals surface area contributed by atoms with Crippen LogP contribution in [0.15, 0.2) is 48.5 Å². The van der Waals surface area contributed by atoms with E-state index in [0.29, 0.717) is 12.0 Å². The molecular weight excluding hydrogens is 348 g/mol. The number of ether oxygens (including phenoxy) is 1. The van der Waals surface area contributed by atoms with Gasteiger partial charge >= 0.3 is 0 Å². The Labute approximate surface area is 167 Å². The SMILES string of the molecule is CCCc1cc2ccc(-c3ccc(C4CCC(CCC)OC4)cc3)cc2s1. The number of rotatable bonds is 6. The first kappa shape index (κ1) is 18.7. The highest BCUT2D eigenvalue weighted by molar-refractivity contribution is 7.19. The predicted octanol–water partition coefficient (Wildman–Crippen LogP) is 7.58. The summed E-state index contributed by atoms with van der Waals surface area (Å²) in [6, 6.07) is 18.4. The second-order valence-corrected chi connectivity index (χ2v) is 9.02. The first-order valence-corrected chi connectivity index (χ1v) is 11.3. The Morgan fingerprint density at radius 2 is 1.74 bits per heavy atom. The molecule has 0 aliphatic carbocycles. The molecule has 1 aromatic heterocycles. The Morgan fingerprint density at radius 1 is 0.926 bits per heavy atom. The highest BCUT2D eigenvalue weighted by Gasteiger charge is 2.22. The van der Waals surface area contributed by atoms with Gasteiger partial charge in [0.1, 0.15) is 0 Å². The van der Waals surface area contributed by atoms with Gasteiger partial charge in [0.15, 0.2) is 0 Å². The van der Waals surface area contributed by atoms with Crippen molar-refractivity contribution in [3.05, 3.63) is 59.0 Å². The van der Waals surface area contributed by atoms with Crippen molar-refractivity contribution in [2.75, 3.05) is 6.61 Å². The molecule has 0 N–H and O–H groups in total. The number of hydrogen-bond acceptors (Lipinski definition) is 2. The Kier molecular flexibility index (Phi) is 5.95. The first-order valence-electron chi connectivity index (χ1n) is 10.5. The molecule has 1 fully saturated rings. The average molecular weight is 379 g/mol. The van der Waals surface area contributed by atoms with E-state index in [1.165, 1.54) is 70.2 Å². The standard InChI is InChI=1S/C25H30OS/c1-3-5-23-14-13-22(17-26-23)19-9-7-18(8-10-19)20-11-12-21-15-24(6-4-2)27-25(21)16-20/h7-12,15-16,22-23H,3-6,13-14,17H2,1-2H3. The summed E-state index contributed by atoms with van der Waals surface area (Å²) in [6.07, 6.45) is 7.77. The summed E-state index contributed by atoms with van der Waals surface area (Å²) in [6.45, 7) is 5.37. The normalized spacial score (nSPS) is 20.2. The molecule has 0 bridgehead atoms. The molecule has 4 rings (SSSR count). The molecule has 2 unspecified atom stereocenters. The summed E-state index contributed by atoms with van der Waals surface area (Å²) in [4.78, 5) is 1.50. The molecule has 27 heavy (non-hydrogen) atoms. The second kappa shape index (κ2) is 8.58. The van der Waals surface area contributed by atoms with Gasteiger partial charge in [-0.15, -0.1) is 11.3 Å². The van der Waals surface area contributed by atoms with Crippen LogP contribution in [0.1, 0.15) is 62.3 Å². The smallest absolute Gasteiger partial charge is 0.0575 e. The van der Waals surface area contributed by atoms with E-state index >= 15 is 0 Å². The van der Waals surface area contributed by atoms with E-state index in [-0.39, 0.29) is 0 Å². The van der Waals surface area contributed by atoms with Crippen molar-refractivity contribution in [3.8, 4) is 11.1 Å². The van der Waals surface area contributed by atoms with Gasteiger partial charge in [0, 0.05) is 15.5 Å². The molecule has 142 valence electrons. The van der Waals surface area contributed by atoms with Gasteiger partial charge in [0.2, 0.25) is 0 Å². The molecular formula is C25H30OS. The quantitative estimate of drug-likeness (QED) is 0.429. The number of thiophene rings is 1. The molecule has 2 atom stereocenters. The number of aryl methyl sites for hydroxylation is 1. The van der Waals surface area contributed by atoms with E-state index in [2.05, 4.69) is 62.4 Å². The number of benzene rings is 2. The fourth-order valence-corrected chi connectivity index (χ4v) is 5.41. The van der Waals surface area contributed by atoms with Gasteiger partial charge in [-0.05, 0) is 59.9 Å². The Morgan fingerprint density at radius 3 is 2.44 bits per heavy atom. The largest absolute Gasteiger partial charge is 0.378 e. The van der Waals surface area contributed by atoms with E-state index in [0.717, 1.165) is 6.61 Å². The number of hydrogen-bond donors (Lipinski definition) is 0. The molecule has 1 aliphatic heterocycles. The van der Waals surface area contributed by atoms with Gasteiger partial charge < -0.3 is 4.74 Å². The van der Waals surface area contributed by atoms with Crippen LogP contribution in [-0.4, -0.2) is 12.7 Å². The van der Waals surface area contributed by atoms with Gasteiger partial charge in [-0.1, -0.05) is 63.1 Å². The molecule has 3 aromatic rings. The van der Waals surface area contributed by atoms with Crippen LogP contribution in [0.3, 0.4) is 0 Å². The molecule has 2 aromatic carbocycles. The maximum atomic E-state index is 6.07. The van der Waals surface area contributed by atoms with Crippen LogP contribution in [-0.2, 0) is 11.2 Å². The Balaban J connectivity index is 1.48. The molecule has 2 heterocycles. The fourth-order valence-electron chi connectivity index (χ4n) is 4.20. The lowest BCUT2D eigenvalue weighted by molar-refractivity contribution is -0.00111. The van der Waals surface area contributed by atoms with Crippen molar-refractivity contribution in [2.24, 2.45) is 0 Å². The van der Waals surface area contributed by atoms with E-state index in [9.17, 15) is 0 Å². The van der Waals surface area contributed by atoms with Gasteiger partial charge in [-0.2, -0.15) is 0 Å². The van der Waals surface area contributed by atoms with E-state index < -0.39 is 0 Å². The van der Waals surface area contributed by atoms with Crippen molar-refractivity contribution in [2.45, 2.75) is 64.4 Å². The second-order valence-electron chi connectivity index (χ2n) is 7.86. The van der Waals surface area contributed by atoms with E-state index in [1.807, 2.05) is 11.3 Å². The van der Waals surface area contributed by atoms with Crippen LogP contribution >= 0.6 is 11.3 Å². The summed E-state index contributed by atoms with van der Waals surface area (Å²) in [7, 11) is 0. The highest BCUT2D eigenvalue weighted by Crippen LogP contribution is 2.33. The fraction of sp³-hybridized carbons (Fsp3) is 0.440. The summed E-state index contributed by atoms with van der Waals surface area (Å²) in [5, 5.41) is 1.38. The van der Waals surface area contributed by atoms with E-state index in [1.54, 1.807) is 0 Å². The predicted molar refractivity (Wildman–Crippen MR) is 118 cm³/mol. The molecule has 1 saturated heterocycles. The molecule has 1 nitrogen and oxygen atoms in total. The van der Waals surface area contributed by atoms with Gasteiger partial charge in [-0.25, -0.2) is 0 Å². The maximum absolute atomic E-state index is 6.07. The lowest BCUT2D eigenvalue weighted by Gasteiger charge is -2.29. The third kappa shape index (κ3) is 4.28. The zero-order valence-corrected chi connectivity index (χ0v) is 17.4. The third-order valence-corrected chi connectivity index (χ3v) is 6.92. The molecule has 0 radical (unpaired) electrons. The zero-order chi connectivity index (χ0) is 18.6. The molecule has 0 saturated carbocycles. The topological polar surface area (TPSA) is 9.23 Å². The monoisotopic (exact) mass is 378 g/mol. The zero-order valence-electron chi connectivity index (χ0n) is 16.5. The van der Waals surface area contributed by atoms with Crippen LogP contribution in [0.2, 0.25) is 0 Å².